The third-order valence-corrected chi connectivity index (χ3v) is 5.69. The summed E-state index contributed by atoms with van der Waals surface area (Å²) in [6, 6.07) is 10.4. The lowest BCUT2D eigenvalue weighted by Gasteiger charge is -2.29. The molecule has 0 unspecified atom stereocenters. The lowest BCUT2D eigenvalue weighted by atomic mass is 10.1. The topological polar surface area (TPSA) is 49.6 Å². The van der Waals surface area contributed by atoms with E-state index in [0.717, 1.165) is 62.8 Å². The molecule has 4 rings (SSSR count). The Morgan fingerprint density at radius 1 is 1.04 bits per heavy atom. The van der Waals surface area contributed by atoms with E-state index >= 15 is 0 Å². The van der Waals surface area contributed by atoms with Gasteiger partial charge in [-0.2, -0.15) is 0 Å². The molecule has 1 fully saturated rings. The first kappa shape index (κ1) is 18.2. The highest BCUT2D eigenvalue weighted by molar-refractivity contribution is 5.76. The predicted molar refractivity (Wildman–Crippen MR) is 104 cm³/mol. The number of aromatic nitrogens is 1. The summed E-state index contributed by atoms with van der Waals surface area (Å²) in [5.74, 6) is 2.02. The van der Waals surface area contributed by atoms with Gasteiger partial charge in [0.15, 0.2) is 5.89 Å². The van der Waals surface area contributed by atoms with Crippen molar-refractivity contribution in [2.75, 3.05) is 26.2 Å². The van der Waals surface area contributed by atoms with Crippen molar-refractivity contribution in [2.24, 2.45) is 0 Å². The van der Waals surface area contributed by atoms with Crippen LogP contribution in [0.2, 0.25) is 0 Å². The van der Waals surface area contributed by atoms with Crippen molar-refractivity contribution in [1.29, 1.82) is 0 Å². The number of carbonyl (C=O) groups is 1. The van der Waals surface area contributed by atoms with Gasteiger partial charge in [0, 0.05) is 32.4 Å². The zero-order valence-corrected chi connectivity index (χ0v) is 16.0. The number of benzene rings is 1. The lowest BCUT2D eigenvalue weighted by molar-refractivity contribution is -0.132. The van der Waals surface area contributed by atoms with Crippen LogP contribution in [-0.2, 0) is 30.6 Å². The SMILES string of the molecule is O=C(CCN1CCCCC1)N1CCc2oc(CCc3ccccc3)nc2C1. The van der Waals surface area contributed by atoms with E-state index in [9.17, 15) is 4.79 Å². The Bertz CT molecular complexity index is 750. The molecule has 0 radical (unpaired) electrons. The summed E-state index contributed by atoms with van der Waals surface area (Å²) >= 11 is 0. The largest absolute Gasteiger partial charge is 0.445 e. The summed E-state index contributed by atoms with van der Waals surface area (Å²) in [5, 5.41) is 0. The Morgan fingerprint density at radius 2 is 1.85 bits per heavy atom. The number of aryl methyl sites for hydroxylation is 2. The zero-order valence-electron chi connectivity index (χ0n) is 16.0. The second kappa shape index (κ2) is 8.70. The van der Waals surface area contributed by atoms with Gasteiger partial charge >= 0.3 is 0 Å². The van der Waals surface area contributed by atoms with E-state index in [4.69, 9.17) is 4.42 Å². The summed E-state index contributed by atoms with van der Waals surface area (Å²) in [6.45, 7) is 4.53. The molecule has 1 amide bonds. The summed E-state index contributed by atoms with van der Waals surface area (Å²) in [6.07, 6.45) is 7.01. The third-order valence-electron chi connectivity index (χ3n) is 5.69. The first-order valence-electron chi connectivity index (χ1n) is 10.3. The smallest absolute Gasteiger partial charge is 0.224 e. The average molecular weight is 367 g/mol. The molecule has 3 heterocycles. The van der Waals surface area contributed by atoms with Crippen LogP contribution in [0.1, 0.15) is 48.6 Å². The number of piperidine rings is 1. The molecule has 1 aromatic heterocycles. The molecule has 0 N–H and O–H groups in total. The van der Waals surface area contributed by atoms with Crippen molar-refractivity contribution in [1.82, 2.24) is 14.8 Å². The summed E-state index contributed by atoms with van der Waals surface area (Å²) < 4.78 is 5.95. The molecule has 5 heteroatoms. The molecule has 0 atom stereocenters. The van der Waals surface area contributed by atoms with E-state index in [-0.39, 0.29) is 5.91 Å². The van der Waals surface area contributed by atoms with E-state index in [1.54, 1.807) is 0 Å². The Kier molecular flexibility index (Phi) is 5.87. The van der Waals surface area contributed by atoms with Crippen molar-refractivity contribution < 1.29 is 9.21 Å². The summed E-state index contributed by atoms with van der Waals surface area (Å²) in [7, 11) is 0. The number of hydrogen-bond acceptors (Lipinski definition) is 4. The maximum atomic E-state index is 12.6. The third kappa shape index (κ3) is 4.78. The van der Waals surface area contributed by atoms with Crippen LogP contribution >= 0.6 is 0 Å². The molecule has 5 nitrogen and oxygen atoms in total. The molecule has 0 saturated carbocycles. The molecule has 2 aliphatic rings. The van der Waals surface area contributed by atoms with Gasteiger partial charge in [0.2, 0.25) is 5.91 Å². The van der Waals surface area contributed by atoms with Gasteiger partial charge in [0.1, 0.15) is 11.5 Å². The van der Waals surface area contributed by atoms with Gasteiger partial charge in [-0.15, -0.1) is 0 Å². The van der Waals surface area contributed by atoms with Crippen molar-refractivity contribution in [3.05, 3.63) is 53.2 Å². The van der Waals surface area contributed by atoms with Crippen LogP contribution in [0.3, 0.4) is 0 Å². The van der Waals surface area contributed by atoms with Gasteiger partial charge in [-0.25, -0.2) is 4.98 Å². The maximum Gasteiger partial charge on any atom is 0.224 e. The van der Waals surface area contributed by atoms with E-state index in [1.807, 2.05) is 11.0 Å². The van der Waals surface area contributed by atoms with E-state index in [0.29, 0.717) is 13.0 Å². The summed E-state index contributed by atoms with van der Waals surface area (Å²) in [5.41, 5.74) is 2.25. The Morgan fingerprint density at radius 3 is 2.67 bits per heavy atom. The highest BCUT2D eigenvalue weighted by Gasteiger charge is 2.25. The maximum absolute atomic E-state index is 12.6. The van der Waals surface area contributed by atoms with Gasteiger partial charge in [0.25, 0.3) is 0 Å². The van der Waals surface area contributed by atoms with Crippen molar-refractivity contribution >= 4 is 5.91 Å². The van der Waals surface area contributed by atoms with Crippen LogP contribution in [0, 0.1) is 0 Å². The van der Waals surface area contributed by atoms with E-state index < -0.39 is 0 Å². The van der Waals surface area contributed by atoms with Gasteiger partial charge in [0.05, 0.1) is 6.54 Å². The highest BCUT2D eigenvalue weighted by Crippen LogP contribution is 2.21. The number of fused-ring (bicyclic) bond motifs is 1. The molecule has 0 bridgehead atoms. The fourth-order valence-corrected chi connectivity index (χ4v) is 4.06. The van der Waals surface area contributed by atoms with Crippen molar-refractivity contribution in [3.8, 4) is 0 Å². The van der Waals surface area contributed by atoms with Gasteiger partial charge in [-0.1, -0.05) is 36.8 Å². The van der Waals surface area contributed by atoms with Crippen LogP contribution < -0.4 is 0 Å². The van der Waals surface area contributed by atoms with Crippen LogP contribution in [0.25, 0.3) is 0 Å². The number of rotatable bonds is 6. The monoisotopic (exact) mass is 367 g/mol. The molecular formula is C22H29N3O2. The first-order chi connectivity index (χ1) is 13.3. The second-order valence-corrected chi connectivity index (χ2v) is 7.68. The molecule has 2 aromatic rings. The fraction of sp³-hybridized carbons (Fsp3) is 0.545. The van der Waals surface area contributed by atoms with Crippen LogP contribution in [-0.4, -0.2) is 46.9 Å². The van der Waals surface area contributed by atoms with Gasteiger partial charge in [-0.05, 0) is 37.9 Å². The number of nitrogens with zero attached hydrogens (tertiary/aromatic N) is 3. The van der Waals surface area contributed by atoms with E-state index in [1.165, 1.54) is 24.8 Å². The normalized spacial score (nSPS) is 17.7. The quantitative estimate of drug-likeness (QED) is 0.787. The van der Waals surface area contributed by atoms with Gasteiger partial charge in [-0.3, -0.25) is 4.79 Å². The first-order valence-corrected chi connectivity index (χ1v) is 10.3. The summed E-state index contributed by atoms with van der Waals surface area (Å²) in [4.78, 5) is 21.7. The molecule has 1 saturated heterocycles. The average Bonchev–Trinajstić information content (AvgIpc) is 3.14. The predicted octanol–water partition coefficient (Wildman–Crippen LogP) is 3.22. The fourth-order valence-electron chi connectivity index (χ4n) is 4.06. The standard InChI is InChI=1S/C22H29N3O2/c26-22(12-15-24-13-5-2-6-14-24)25-16-11-20-19(17-25)23-21(27-20)10-9-18-7-3-1-4-8-18/h1,3-4,7-8H,2,5-6,9-17H2. The highest BCUT2D eigenvalue weighted by atomic mass is 16.4. The number of likely N-dealkylation sites (tertiary alicyclic amines) is 1. The van der Waals surface area contributed by atoms with Crippen LogP contribution in [0.5, 0.6) is 0 Å². The molecule has 2 aliphatic heterocycles. The molecule has 27 heavy (non-hydrogen) atoms. The molecule has 1 aromatic carbocycles. The van der Waals surface area contributed by atoms with Crippen LogP contribution in [0.15, 0.2) is 34.7 Å². The number of amides is 1. The molecule has 144 valence electrons. The Balaban J connectivity index is 1.28. The number of carbonyl (C=O) groups excluding carboxylic acids is 1. The minimum absolute atomic E-state index is 0.250. The van der Waals surface area contributed by atoms with E-state index in [2.05, 4.69) is 34.1 Å². The Hall–Kier alpha value is -2.14. The molecule has 0 spiro atoms. The molecular weight excluding hydrogens is 338 g/mol. The number of oxazole rings is 1. The van der Waals surface area contributed by atoms with Crippen molar-refractivity contribution in [3.63, 3.8) is 0 Å². The second-order valence-electron chi connectivity index (χ2n) is 7.68. The van der Waals surface area contributed by atoms with Crippen molar-refractivity contribution in [2.45, 2.75) is 51.5 Å². The van der Waals surface area contributed by atoms with Crippen LogP contribution in [0.4, 0.5) is 0 Å². The molecule has 0 aliphatic carbocycles. The zero-order chi connectivity index (χ0) is 18.5. The lowest BCUT2D eigenvalue weighted by Crippen LogP contribution is -2.39. The Labute approximate surface area is 161 Å². The minimum Gasteiger partial charge on any atom is -0.445 e. The minimum atomic E-state index is 0.250. The number of hydrogen-bond donors (Lipinski definition) is 0. The van der Waals surface area contributed by atoms with Gasteiger partial charge < -0.3 is 14.2 Å².